The van der Waals surface area contributed by atoms with E-state index < -0.39 is 6.15 Å². The van der Waals surface area contributed by atoms with Crippen molar-refractivity contribution in [3.8, 4) is 11.5 Å². The van der Waals surface area contributed by atoms with E-state index in [2.05, 4.69) is 90.1 Å². The highest BCUT2D eigenvalue weighted by molar-refractivity contribution is 7.02. The topological polar surface area (TPSA) is 18.5 Å². The smallest absolute Gasteiger partial charge is 0.118 e. The first-order valence-corrected chi connectivity index (χ1v) is 25.8. The van der Waals surface area contributed by atoms with Gasteiger partial charge >= 0.3 is 0 Å². The largest absolute Gasteiger partial charge is 0.497 e. The summed E-state index contributed by atoms with van der Waals surface area (Å²) in [5.74, 6) is 1.90. The van der Waals surface area contributed by atoms with E-state index in [0.29, 0.717) is 0 Å². The Morgan fingerprint density at radius 3 is 0.810 bits per heavy atom. The fourth-order valence-corrected chi connectivity index (χ4v) is 9.55. The van der Waals surface area contributed by atoms with Crippen LogP contribution in [-0.2, 0) is 0 Å². The molecule has 0 saturated carbocycles. The lowest BCUT2D eigenvalue weighted by Crippen LogP contribution is -2.58. The van der Waals surface area contributed by atoms with Crippen molar-refractivity contribution in [2.45, 2.75) is 234 Å². The maximum absolute atomic E-state index is 5.54. The maximum Gasteiger partial charge on any atom is 0.118 e. The molecule has 0 atom stereocenters. The fraction of sp³-hybridized carbons (Fsp3) is 0.778. The summed E-state index contributed by atoms with van der Waals surface area (Å²) in [5.41, 5.74) is 3.01. The molecule has 58 heavy (non-hydrogen) atoms. The quantitative estimate of drug-likeness (QED) is 0.0382. The van der Waals surface area contributed by atoms with Crippen LogP contribution < -0.4 is 20.4 Å². The molecule has 336 valence electrons. The number of benzene rings is 2. The van der Waals surface area contributed by atoms with E-state index in [0.717, 1.165) is 11.5 Å². The molecule has 2 aromatic carbocycles. The zero-order valence-electron chi connectivity index (χ0n) is 40.5. The summed E-state index contributed by atoms with van der Waals surface area (Å²) < 4.78 is 12.5. The number of unbranched alkanes of at least 4 members (excludes halogenated alkanes) is 22. The highest BCUT2D eigenvalue weighted by Gasteiger charge is 2.28. The van der Waals surface area contributed by atoms with E-state index in [1.165, 1.54) is 234 Å². The molecule has 0 saturated heterocycles. The summed E-state index contributed by atoms with van der Waals surface area (Å²) in [5, 5.41) is 0. The first kappa shape index (κ1) is 54.1. The lowest BCUT2D eigenvalue weighted by molar-refractivity contribution is -0.929. The van der Waals surface area contributed by atoms with Crippen molar-refractivity contribution in [3.63, 3.8) is 0 Å². The number of hydrogen-bond donors (Lipinski definition) is 0. The zero-order chi connectivity index (χ0) is 42.4. The molecule has 0 bridgehead atoms. The Morgan fingerprint density at radius 2 is 0.569 bits per heavy atom. The molecule has 2 aromatic rings. The van der Waals surface area contributed by atoms with Crippen molar-refractivity contribution in [3.05, 3.63) is 48.5 Å². The highest BCUT2D eigenvalue weighted by atomic mass is 16.5. The van der Waals surface area contributed by atoms with Crippen LogP contribution in [0.2, 0.25) is 12.6 Å². The lowest BCUT2D eigenvalue weighted by atomic mass is 9.15. The number of ether oxygens (including phenoxy) is 2. The Kier molecular flexibility index (Phi) is 34.4. The monoisotopic (exact) mass is 806 g/mol. The van der Waals surface area contributed by atoms with Crippen LogP contribution in [0.3, 0.4) is 0 Å². The summed E-state index contributed by atoms with van der Waals surface area (Å²) in [7, 11) is 3.54. The molecule has 0 amide bonds. The molecule has 3 nitrogen and oxygen atoms in total. The minimum absolute atomic E-state index is 0.838. The molecule has 2 rings (SSSR count). The number of quaternary nitrogens is 1. The standard InChI is InChI=1S/C38H64BO2.C16H36N/c1-5-7-9-11-13-15-17-19-21-23-33-39(35-25-29-37(40-3)30-26-35,36-27-31-38(41-4)32-28-36)34-24-22-20-18-16-14-12-10-8-6-2;1-5-9-13-17(14-10-6-2,15-11-7-3)16-12-8-4/h25-32H,5-24,33-34H2,1-4H3;5-16H2,1-4H3/q-1;+1. The third-order valence-electron chi connectivity index (χ3n) is 13.6. The third-order valence-corrected chi connectivity index (χ3v) is 13.6. The van der Waals surface area contributed by atoms with Gasteiger partial charge in [-0.15, -0.1) is 0 Å². The van der Waals surface area contributed by atoms with Crippen molar-refractivity contribution < 1.29 is 14.0 Å². The molecule has 0 aromatic heterocycles. The Hall–Kier alpha value is -1.94. The van der Waals surface area contributed by atoms with Gasteiger partial charge in [0.2, 0.25) is 0 Å². The zero-order valence-corrected chi connectivity index (χ0v) is 40.5. The second-order valence-electron chi connectivity index (χ2n) is 18.4. The van der Waals surface area contributed by atoms with Crippen LogP contribution in [0.5, 0.6) is 11.5 Å². The average Bonchev–Trinajstić information content (AvgIpc) is 3.26. The molecule has 0 unspecified atom stereocenters. The SMILES string of the molecule is CCCCCCCCCCCC[B-](CCCCCCCCCCCC)(c1ccc(OC)cc1)c1ccc(OC)cc1.CCCC[N+](CCCC)(CCCC)CCCC. The van der Waals surface area contributed by atoms with Gasteiger partial charge in [0.1, 0.15) is 11.5 Å². The number of nitrogens with zero attached hydrogens (tertiary/aromatic N) is 1. The predicted octanol–water partition coefficient (Wildman–Crippen LogP) is 16.1. The predicted molar refractivity (Wildman–Crippen MR) is 264 cm³/mol. The van der Waals surface area contributed by atoms with E-state index in [1.54, 1.807) is 14.2 Å². The summed E-state index contributed by atoms with van der Waals surface area (Å²) in [6.45, 7) is 19.6. The van der Waals surface area contributed by atoms with Gasteiger partial charge in [0, 0.05) is 0 Å². The van der Waals surface area contributed by atoms with Gasteiger partial charge in [-0.3, -0.25) is 0 Å². The van der Waals surface area contributed by atoms with E-state index in [4.69, 9.17) is 9.47 Å². The Balaban J connectivity index is 0.000000830. The van der Waals surface area contributed by atoms with Crippen LogP contribution in [0.25, 0.3) is 0 Å². The number of methoxy groups -OCH3 is 2. The first-order valence-electron chi connectivity index (χ1n) is 25.8. The Labute approximate surface area is 364 Å². The second kappa shape index (κ2) is 36.9. The third kappa shape index (κ3) is 23.7. The van der Waals surface area contributed by atoms with Crippen molar-refractivity contribution in [2.24, 2.45) is 0 Å². The number of rotatable bonds is 38. The summed E-state index contributed by atoms with van der Waals surface area (Å²) in [6.07, 6.45) is 40.5. The van der Waals surface area contributed by atoms with Gasteiger partial charge in [0.15, 0.2) is 0 Å². The van der Waals surface area contributed by atoms with Crippen LogP contribution in [0, 0.1) is 0 Å². The molecule has 0 aliphatic rings. The average molecular weight is 806 g/mol. The van der Waals surface area contributed by atoms with Gasteiger partial charge < -0.3 is 14.0 Å². The molecule has 0 heterocycles. The molecule has 4 heteroatoms. The minimum Gasteiger partial charge on any atom is -0.497 e. The van der Waals surface area contributed by atoms with Gasteiger partial charge in [0.05, 0.1) is 46.5 Å². The van der Waals surface area contributed by atoms with Crippen LogP contribution in [-0.4, -0.2) is 51.0 Å². The van der Waals surface area contributed by atoms with Crippen LogP contribution >= 0.6 is 0 Å². The van der Waals surface area contributed by atoms with Crippen LogP contribution in [0.15, 0.2) is 48.5 Å². The van der Waals surface area contributed by atoms with Crippen LogP contribution in [0.4, 0.5) is 0 Å². The van der Waals surface area contributed by atoms with Crippen molar-refractivity contribution in [2.75, 3.05) is 40.4 Å². The van der Waals surface area contributed by atoms with Crippen molar-refractivity contribution in [1.82, 2.24) is 0 Å². The highest BCUT2D eigenvalue weighted by Crippen LogP contribution is 2.27. The molecular weight excluding hydrogens is 705 g/mol. The molecule has 0 spiro atoms. The summed E-state index contributed by atoms with van der Waals surface area (Å²) >= 11 is 0. The van der Waals surface area contributed by atoms with Gasteiger partial charge in [0.25, 0.3) is 0 Å². The molecule has 0 aliphatic heterocycles. The fourth-order valence-electron chi connectivity index (χ4n) is 9.55. The van der Waals surface area contributed by atoms with Crippen molar-refractivity contribution >= 4 is 17.1 Å². The maximum atomic E-state index is 5.54. The second-order valence-corrected chi connectivity index (χ2v) is 18.4. The molecular formula is C54H100BNO2. The molecule has 0 fully saturated rings. The Bertz CT molecular complexity index is 1040. The molecule has 0 radical (unpaired) electrons. The Morgan fingerprint density at radius 1 is 0.328 bits per heavy atom. The van der Waals surface area contributed by atoms with E-state index in [9.17, 15) is 0 Å². The minimum atomic E-state index is -0.838. The summed E-state index contributed by atoms with van der Waals surface area (Å²) in [4.78, 5) is 0. The molecule has 0 N–H and O–H groups in total. The van der Waals surface area contributed by atoms with Crippen LogP contribution in [0.1, 0.15) is 221 Å². The number of hydrogen-bond acceptors (Lipinski definition) is 2. The van der Waals surface area contributed by atoms with E-state index in [1.807, 2.05) is 0 Å². The molecule has 0 aliphatic carbocycles. The van der Waals surface area contributed by atoms with Gasteiger partial charge in [-0.2, -0.15) is 12.6 Å². The van der Waals surface area contributed by atoms with Gasteiger partial charge in [-0.25, -0.2) is 10.9 Å². The first-order chi connectivity index (χ1) is 28.4. The van der Waals surface area contributed by atoms with E-state index in [-0.39, 0.29) is 0 Å². The normalized spacial score (nSPS) is 11.7. The van der Waals surface area contributed by atoms with E-state index >= 15 is 0 Å². The summed E-state index contributed by atoms with van der Waals surface area (Å²) in [6, 6.07) is 18.1. The van der Waals surface area contributed by atoms with Crippen molar-refractivity contribution in [1.29, 1.82) is 0 Å². The van der Waals surface area contributed by atoms with Gasteiger partial charge in [-0.1, -0.05) is 220 Å². The van der Waals surface area contributed by atoms with Gasteiger partial charge in [-0.05, 0) is 49.9 Å². The lowest BCUT2D eigenvalue weighted by Gasteiger charge is -2.42.